The molecular formula is C11H19ClN4O2. The minimum Gasteiger partial charge on any atom is -0.467 e. The van der Waals surface area contributed by atoms with Crippen LogP contribution in [0.5, 0.6) is 12.0 Å². The summed E-state index contributed by atoms with van der Waals surface area (Å²) in [5.74, 6) is 1.14. The van der Waals surface area contributed by atoms with Crippen LogP contribution < -0.4 is 14.4 Å². The first-order valence-electron chi connectivity index (χ1n) is 5.79. The third-order valence-corrected chi connectivity index (χ3v) is 2.63. The van der Waals surface area contributed by atoms with E-state index in [9.17, 15) is 0 Å². The Kier molecular flexibility index (Phi) is 5.91. The molecule has 18 heavy (non-hydrogen) atoms. The second-order valence-electron chi connectivity index (χ2n) is 3.94. The second-order valence-corrected chi connectivity index (χ2v) is 4.32. The van der Waals surface area contributed by atoms with Gasteiger partial charge in [0.05, 0.1) is 14.2 Å². The van der Waals surface area contributed by atoms with Crippen LogP contribution in [0.4, 0.5) is 5.95 Å². The van der Waals surface area contributed by atoms with E-state index in [2.05, 4.69) is 28.8 Å². The summed E-state index contributed by atoms with van der Waals surface area (Å²) >= 11 is 5.73. The van der Waals surface area contributed by atoms with Gasteiger partial charge in [-0.15, -0.1) is 16.6 Å². The average Bonchev–Trinajstić information content (AvgIpc) is 2.38. The van der Waals surface area contributed by atoms with Crippen LogP contribution in [0.2, 0.25) is 0 Å². The summed E-state index contributed by atoms with van der Waals surface area (Å²) in [6, 6.07) is 0.742. The van der Waals surface area contributed by atoms with Gasteiger partial charge in [0.25, 0.3) is 0 Å². The molecule has 7 heteroatoms. The Morgan fingerprint density at radius 2 is 1.67 bits per heavy atom. The number of alkyl halides is 1. The zero-order valence-electron chi connectivity index (χ0n) is 11.2. The number of nitrogens with zero attached hydrogens (tertiary/aromatic N) is 4. The Morgan fingerprint density at radius 1 is 1.11 bits per heavy atom. The van der Waals surface area contributed by atoms with Gasteiger partial charge in [0, 0.05) is 18.5 Å². The second kappa shape index (κ2) is 7.20. The van der Waals surface area contributed by atoms with E-state index in [0.717, 1.165) is 13.0 Å². The molecule has 0 atom stereocenters. The predicted octanol–water partition coefficient (Wildman–Crippen LogP) is 1.73. The topological polar surface area (TPSA) is 60.4 Å². The van der Waals surface area contributed by atoms with Crippen LogP contribution >= 0.6 is 11.6 Å². The fraction of sp³-hybridized carbons (Fsp3) is 0.727. The first-order chi connectivity index (χ1) is 8.62. The zero-order valence-corrected chi connectivity index (χ0v) is 11.9. The summed E-state index contributed by atoms with van der Waals surface area (Å²) in [4.78, 5) is 14.5. The molecule has 0 fully saturated rings. The van der Waals surface area contributed by atoms with Crippen molar-refractivity contribution in [2.45, 2.75) is 26.3 Å². The summed E-state index contributed by atoms with van der Waals surface area (Å²) in [5.41, 5.74) is 0. The molecule has 6 nitrogen and oxygen atoms in total. The van der Waals surface area contributed by atoms with Gasteiger partial charge in [-0.05, 0) is 20.3 Å². The molecule has 102 valence electrons. The van der Waals surface area contributed by atoms with E-state index in [0.29, 0.717) is 11.8 Å². The Morgan fingerprint density at radius 3 is 2.06 bits per heavy atom. The predicted molar refractivity (Wildman–Crippen MR) is 70.8 cm³/mol. The number of hydrogen-bond acceptors (Lipinski definition) is 6. The monoisotopic (exact) mass is 274 g/mol. The molecule has 0 saturated heterocycles. The number of anilines is 1. The van der Waals surface area contributed by atoms with Crippen LogP contribution in [0.25, 0.3) is 0 Å². The summed E-state index contributed by atoms with van der Waals surface area (Å²) in [7, 11) is 3.02. The molecule has 0 spiro atoms. The molecule has 1 heterocycles. The van der Waals surface area contributed by atoms with Crippen molar-refractivity contribution in [3.63, 3.8) is 0 Å². The van der Waals surface area contributed by atoms with Crippen LogP contribution in [0.15, 0.2) is 0 Å². The van der Waals surface area contributed by atoms with Gasteiger partial charge in [-0.25, -0.2) is 0 Å². The zero-order chi connectivity index (χ0) is 13.5. The molecule has 1 aromatic heterocycles. The van der Waals surface area contributed by atoms with Gasteiger partial charge >= 0.3 is 12.0 Å². The quantitative estimate of drug-likeness (QED) is 0.706. The van der Waals surface area contributed by atoms with Gasteiger partial charge in [0.2, 0.25) is 5.95 Å². The molecule has 0 saturated carbocycles. The normalized spacial score (nSPS) is 10.6. The largest absolute Gasteiger partial charge is 0.467 e. The average molecular weight is 275 g/mol. The first-order valence-corrected chi connectivity index (χ1v) is 6.32. The van der Waals surface area contributed by atoms with Gasteiger partial charge in [-0.3, -0.25) is 0 Å². The molecule has 0 amide bonds. The van der Waals surface area contributed by atoms with E-state index in [1.165, 1.54) is 14.2 Å². The third-order valence-electron chi connectivity index (χ3n) is 2.36. The van der Waals surface area contributed by atoms with Gasteiger partial charge in [0.1, 0.15) is 0 Å². The van der Waals surface area contributed by atoms with Crippen molar-refractivity contribution in [1.29, 1.82) is 0 Å². The SMILES string of the molecule is COc1nc(OC)nc(N(CCCCl)C(C)C)n1. The molecule has 0 aromatic carbocycles. The summed E-state index contributed by atoms with van der Waals surface area (Å²) < 4.78 is 10.1. The van der Waals surface area contributed by atoms with E-state index >= 15 is 0 Å². The van der Waals surface area contributed by atoms with Crippen molar-refractivity contribution in [3.05, 3.63) is 0 Å². The van der Waals surface area contributed by atoms with Gasteiger partial charge in [-0.2, -0.15) is 9.97 Å². The molecule has 1 rings (SSSR count). The maximum Gasteiger partial charge on any atom is 0.324 e. The van der Waals surface area contributed by atoms with Crippen LogP contribution in [-0.2, 0) is 0 Å². The van der Waals surface area contributed by atoms with Crippen molar-refractivity contribution < 1.29 is 9.47 Å². The van der Waals surface area contributed by atoms with E-state index in [4.69, 9.17) is 21.1 Å². The van der Waals surface area contributed by atoms with E-state index in [1.807, 2.05) is 4.90 Å². The number of ether oxygens (including phenoxy) is 2. The van der Waals surface area contributed by atoms with Crippen LogP contribution in [0.3, 0.4) is 0 Å². The Balaban J connectivity index is 3.02. The fourth-order valence-corrected chi connectivity index (χ4v) is 1.58. The first kappa shape index (κ1) is 14.8. The highest BCUT2D eigenvalue weighted by Gasteiger charge is 2.16. The van der Waals surface area contributed by atoms with Crippen molar-refractivity contribution >= 4 is 17.5 Å². The van der Waals surface area contributed by atoms with Crippen LogP contribution in [-0.4, -0.2) is 47.6 Å². The summed E-state index contributed by atoms with van der Waals surface area (Å²) in [6.45, 7) is 4.91. The third kappa shape index (κ3) is 3.87. The minimum atomic E-state index is 0.244. The van der Waals surface area contributed by atoms with Crippen LogP contribution in [0, 0.1) is 0 Å². The summed E-state index contributed by atoms with van der Waals surface area (Å²) in [5, 5.41) is 0. The number of hydrogen-bond donors (Lipinski definition) is 0. The maximum absolute atomic E-state index is 5.73. The summed E-state index contributed by atoms with van der Waals surface area (Å²) in [6.07, 6.45) is 0.857. The van der Waals surface area contributed by atoms with Crippen LogP contribution in [0.1, 0.15) is 20.3 Å². The van der Waals surface area contributed by atoms with Gasteiger partial charge in [0.15, 0.2) is 0 Å². The molecule has 0 aliphatic rings. The minimum absolute atomic E-state index is 0.244. The molecule has 1 aromatic rings. The lowest BCUT2D eigenvalue weighted by Gasteiger charge is -2.26. The molecule has 0 aliphatic heterocycles. The highest BCUT2D eigenvalue weighted by atomic mass is 35.5. The highest BCUT2D eigenvalue weighted by molar-refractivity contribution is 6.17. The van der Waals surface area contributed by atoms with Crippen molar-refractivity contribution in [3.8, 4) is 12.0 Å². The number of methoxy groups -OCH3 is 2. The number of halogens is 1. The van der Waals surface area contributed by atoms with Gasteiger partial charge < -0.3 is 14.4 Å². The molecule has 0 unspecified atom stereocenters. The lowest BCUT2D eigenvalue weighted by molar-refractivity contribution is 0.339. The van der Waals surface area contributed by atoms with Crippen molar-refractivity contribution in [1.82, 2.24) is 15.0 Å². The lowest BCUT2D eigenvalue weighted by atomic mass is 10.3. The number of rotatable bonds is 7. The van der Waals surface area contributed by atoms with Gasteiger partial charge in [-0.1, -0.05) is 0 Å². The smallest absolute Gasteiger partial charge is 0.324 e. The lowest BCUT2D eigenvalue weighted by Crippen LogP contribution is -2.33. The standard InChI is InChI=1S/C11H19ClN4O2/c1-8(2)16(7-5-6-12)9-13-10(17-3)15-11(14-9)18-4/h8H,5-7H2,1-4H3. The molecule has 0 N–H and O–H groups in total. The Bertz CT molecular complexity index is 354. The van der Waals surface area contributed by atoms with E-state index in [-0.39, 0.29) is 18.1 Å². The molecule has 0 radical (unpaired) electrons. The van der Waals surface area contributed by atoms with E-state index < -0.39 is 0 Å². The highest BCUT2D eigenvalue weighted by Crippen LogP contribution is 2.18. The molecular weight excluding hydrogens is 256 g/mol. The maximum atomic E-state index is 5.73. The molecule has 0 aliphatic carbocycles. The fourth-order valence-electron chi connectivity index (χ4n) is 1.46. The van der Waals surface area contributed by atoms with Crippen molar-refractivity contribution in [2.75, 3.05) is 31.5 Å². The Labute approximate surface area is 112 Å². The van der Waals surface area contributed by atoms with E-state index in [1.54, 1.807) is 0 Å². The molecule has 0 bridgehead atoms. The Hall–Kier alpha value is -1.30. The van der Waals surface area contributed by atoms with Crippen molar-refractivity contribution in [2.24, 2.45) is 0 Å². The number of aromatic nitrogens is 3.